The maximum absolute atomic E-state index is 13.1. The second kappa shape index (κ2) is 55.1. The number of ether oxygens (including phenoxy) is 3. The summed E-state index contributed by atoms with van der Waals surface area (Å²) in [5.41, 5.74) is -2.92. The Morgan fingerprint density at radius 1 is 0.387 bits per heavy atom. The van der Waals surface area contributed by atoms with E-state index in [-0.39, 0.29) is 122 Å². The summed E-state index contributed by atoms with van der Waals surface area (Å²) < 4.78 is 16.9. The van der Waals surface area contributed by atoms with Gasteiger partial charge < -0.3 is 75.3 Å². The molecule has 137 heavy (non-hydrogen) atoms. The molecule has 12 aliphatic carbocycles. The van der Waals surface area contributed by atoms with E-state index >= 15 is 0 Å². The molecule has 784 valence electrons. The molecule has 1 spiro atoms. The van der Waals surface area contributed by atoms with Gasteiger partial charge in [0.15, 0.2) is 5.79 Å². The van der Waals surface area contributed by atoms with E-state index in [4.69, 9.17) is 30.0 Å². The number of nitrogens with zero attached hydrogens (tertiary/aromatic N) is 9. The van der Waals surface area contributed by atoms with Crippen molar-refractivity contribution in [3.63, 3.8) is 0 Å². The summed E-state index contributed by atoms with van der Waals surface area (Å²) in [6.07, 6.45) is 44.0. The summed E-state index contributed by atoms with van der Waals surface area (Å²) in [6, 6.07) is 8.93. The van der Waals surface area contributed by atoms with Gasteiger partial charge in [0.25, 0.3) is 0 Å². The zero-order valence-corrected chi connectivity index (χ0v) is 83.1. The van der Waals surface area contributed by atoms with Crippen LogP contribution in [0.25, 0.3) is 0 Å². The zero-order chi connectivity index (χ0) is 93.4. The first kappa shape index (κ1) is 122. The van der Waals surface area contributed by atoms with Crippen LogP contribution in [0.4, 0.5) is 4.79 Å². The first-order valence-corrected chi connectivity index (χ1v) is 52.0. The van der Waals surface area contributed by atoms with Crippen LogP contribution in [0.2, 0.25) is 0 Å². The van der Waals surface area contributed by atoms with Gasteiger partial charge in [-0.05, 0) is 291 Å². The quantitative estimate of drug-likeness (QED) is 0.0379. The molecule has 0 aromatic carbocycles. The molecule has 17 aliphatic rings. The van der Waals surface area contributed by atoms with Crippen LogP contribution in [0.5, 0.6) is 0 Å². The fourth-order valence-electron chi connectivity index (χ4n) is 27.7. The van der Waals surface area contributed by atoms with Crippen LogP contribution in [-0.2, 0) is 43.0 Å². The number of aliphatic hydroxyl groups is 5. The van der Waals surface area contributed by atoms with Gasteiger partial charge in [-0.3, -0.25) is 33.7 Å². The SMILES string of the molecule is C.C.C.C.C.CCCCC1(O)C[C@H]2CC(=O)C[C@H]2C1.CCCCC1(O)C[C@H]2CC(N(CC(=O)N3CCC[C@H]3C#N)C(=O)OC(C)(C)C)C[C@H]2C1.CCCCC1(O)C[C@H]2CC(NCC(=O)N3CCC[C@H]3C#N)C[C@H]2C1.CCCCC1(O)C[C@H]2CC(NCC(=O)N3CCC[C@H]3C#N)C[C@H]2C1.CCCCC1(O)C[C@H]2CC(NCC(=O)N3CCC[C@H]3C#N)C[C@H]2C1.Cl.Cl.O=C1C[C@@H]2CC3(C[C@@H]2C1)OCCO3. The van der Waals surface area contributed by atoms with E-state index in [0.717, 1.165) is 328 Å². The number of nitrogens with one attached hydrogen (secondary N) is 3. The van der Waals surface area contributed by atoms with Crippen LogP contribution < -0.4 is 16.0 Å². The number of unbranched alkanes of at least 4 members (excludes halogenated alkanes) is 5. The molecule has 9 unspecified atom stereocenters. The van der Waals surface area contributed by atoms with Crippen molar-refractivity contribution in [3.8, 4) is 24.3 Å². The molecule has 5 heterocycles. The average Bonchev–Trinajstić information content (AvgIpc) is 1.93. The van der Waals surface area contributed by atoms with E-state index in [2.05, 4.69) is 74.8 Å². The molecular formula is C108H188Cl2N12O15. The predicted octanol–water partition coefficient (Wildman–Crippen LogP) is 17.9. The van der Waals surface area contributed by atoms with E-state index in [1.54, 1.807) is 24.5 Å². The molecule has 5 saturated heterocycles. The van der Waals surface area contributed by atoms with Crippen LogP contribution in [-0.4, -0.2) is 245 Å². The number of carbonyl (C=O) groups is 7. The minimum Gasteiger partial charge on any atom is -0.444 e. The van der Waals surface area contributed by atoms with Crippen LogP contribution >= 0.6 is 24.8 Å². The van der Waals surface area contributed by atoms with Crippen LogP contribution in [0, 0.1) is 116 Å². The smallest absolute Gasteiger partial charge is 0.411 e. The minimum atomic E-state index is -0.643. The highest BCUT2D eigenvalue weighted by Gasteiger charge is 2.56. The summed E-state index contributed by atoms with van der Waals surface area (Å²) in [4.78, 5) is 93.8. The van der Waals surface area contributed by atoms with Crippen molar-refractivity contribution in [1.29, 1.82) is 21.0 Å². The van der Waals surface area contributed by atoms with Crippen molar-refractivity contribution >= 4 is 66.1 Å². The number of carbonyl (C=O) groups excluding carboxylic acids is 7. The molecule has 17 fully saturated rings. The minimum absolute atomic E-state index is 0. The monoisotopic (exact) mass is 1960 g/mol. The van der Waals surface area contributed by atoms with Gasteiger partial charge in [-0.25, -0.2) is 4.79 Å². The van der Waals surface area contributed by atoms with E-state index in [1.165, 1.54) is 0 Å². The van der Waals surface area contributed by atoms with Crippen molar-refractivity contribution in [1.82, 2.24) is 40.4 Å². The Morgan fingerprint density at radius 2 is 0.620 bits per heavy atom. The number of nitriles is 4. The lowest BCUT2D eigenvalue weighted by Gasteiger charge is -2.34. The maximum atomic E-state index is 13.1. The third-order valence-corrected chi connectivity index (χ3v) is 33.9. The van der Waals surface area contributed by atoms with E-state index in [1.807, 2.05) is 20.8 Å². The van der Waals surface area contributed by atoms with Crippen molar-refractivity contribution in [2.45, 2.75) is 482 Å². The predicted molar refractivity (Wildman–Crippen MR) is 541 cm³/mol. The Hall–Kier alpha value is -5.37. The van der Waals surface area contributed by atoms with Gasteiger partial charge in [-0.2, -0.15) is 21.0 Å². The molecule has 0 aromatic heterocycles. The number of likely N-dealkylation sites (tertiary alicyclic amines) is 4. The van der Waals surface area contributed by atoms with Gasteiger partial charge >= 0.3 is 6.09 Å². The Labute approximate surface area is 839 Å². The van der Waals surface area contributed by atoms with Gasteiger partial charge in [0.2, 0.25) is 23.6 Å². The molecule has 8 N–H and O–H groups in total. The third kappa shape index (κ3) is 32.8. The summed E-state index contributed by atoms with van der Waals surface area (Å²) in [5, 5.41) is 100. The second-order valence-electron chi connectivity index (χ2n) is 45.1. The lowest BCUT2D eigenvalue weighted by Crippen LogP contribution is -2.49. The van der Waals surface area contributed by atoms with E-state index in [0.29, 0.717) is 133 Å². The Balaban J connectivity index is 0.000000292. The van der Waals surface area contributed by atoms with Crippen molar-refractivity contribution < 1.29 is 73.3 Å². The van der Waals surface area contributed by atoms with Crippen molar-refractivity contribution in [2.75, 3.05) is 65.6 Å². The zero-order valence-electron chi connectivity index (χ0n) is 81.5. The molecule has 29 heteroatoms. The van der Waals surface area contributed by atoms with Crippen molar-refractivity contribution in [2.24, 2.45) is 71.0 Å². The number of hydrogen-bond acceptors (Lipinski definition) is 22. The number of fused-ring (bicyclic) bond motifs is 6. The number of amides is 5. The Bertz CT molecular complexity index is 3650. The molecule has 17 rings (SSSR count). The lowest BCUT2D eigenvalue weighted by atomic mass is 9.91. The van der Waals surface area contributed by atoms with Crippen LogP contribution in [0.15, 0.2) is 0 Å². The number of halogens is 2. The molecule has 12 saturated carbocycles. The van der Waals surface area contributed by atoms with Crippen LogP contribution in [0.3, 0.4) is 0 Å². The van der Waals surface area contributed by atoms with Crippen molar-refractivity contribution in [3.05, 3.63) is 0 Å². The van der Waals surface area contributed by atoms with E-state index < -0.39 is 45.7 Å². The fraction of sp³-hybridized carbons (Fsp3) is 0.898. The molecule has 0 bridgehead atoms. The Kier molecular flexibility index (Phi) is 49.1. The molecule has 27 nitrogen and oxygen atoms in total. The summed E-state index contributed by atoms with van der Waals surface area (Å²) in [6.45, 7) is 21.5. The highest BCUT2D eigenvalue weighted by Crippen LogP contribution is 2.57. The number of ketones is 2. The van der Waals surface area contributed by atoms with Gasteiger partial charge in [-0.15, -0.1) is 24.8 Å². The molecule has 5 amide bonds. The second-order valence-corrected chi connectivity index (χ2v) is 45.1. The number of Topliss-reactive ketones (excluding diaryl/α,β-unsaturated/α-hetero) is 2. The van der Waals surface area contributed by atoms with Gasteiger partial charge in [0.1, 0.15) is 47.9 Å². The first-order chi connectivity index (χ1) is 62.1. The molecule has 5 aliphatic heterocycles. The average molecular weight is 1970 g/mol. The largest absolute Gasteiger partial charge is 0.444 e. The van der Waals surface area contributed by atoms with Gasteiger partial charge in [0.05, 0.1) is 85.1 Å². The first-order valence-electron chi connectivity index (χ1n) is 52.0. The normalized spacial score (nSPS) is 35.7. The van der Waals surface area contributed by atoms with Crippen LogP contribution in [0.1, 0.15) is 394 Å². The maximum Gasteiger partial charge on any atom is 0.411 e. The molecule has 25 atom stereocenters. The van der Waals surface area contributed by atoms with E-state index in [9.17, 15) is 64.4 Å². The van der Waals surface area contributed by atoms with Gasteiger partial charge in [0, 0.05) is 88.9 Å². The summed E-state index contributed by atoms with van der Waals surface area (Å²) >= 11 is 0. The Morgan fingerprint density at radius 3 is 0.861 bits per heavy atom. The summed E-state index contributed by atoms with van der Waals surface area (Å²) in [7, 11) is 0. The molecule has 0 radical (unpaired) electrons. The highest BCUT2D eigenvalue weighted by atomic mass is 35.5. The third-order valence-electron chi connectivity index (χ3n) is 33.9. The standard InChI is InChI=1S/C24H39N3O4.3C19H31N3O2.C12H20O2.C10H14O3.5CH4.2ClH/c1-5-6-9-24(30)13-17-11-20(12-18(17)14-24)27(22(29)31-23(2,3)4)16-21(28)26-10-7-8-19(26)15-25;3*1-2-3-6-19(24)10-14-8-16(9-15(14)11-19)21-13-18(23)22-7-4-5-17(22)12-20;1-2-3-4-12(14)7-9-5-11(13)6-10(9)8-12;11-9-3-7-5-10(6-8(7)4-9)12-1-2-13-10;;;;;;;/h17-20,30H,5-14,16H2,1-4H3;3*14-17,21,24H,2-11,13H2,1H3;9-10,14H,2-8H2,1H3;7-8H,1-6H2;5*1H4;2*1H/t17-,18+,19-,20?,24?;3*14-,15+,16?,17-,19?;9-,10+,12?;7-,8+;;;;;;;/m0000........./s1. The molecular weight excluding hydrogens is 1780 g/mol. The number of hydrogen-bond donors (Lipinski definition) is 8. The fourth-order valence-corrected chi connectivity index (χ4v) is 27.7. The molecule has 0 aromatic rings. The van der Waals surface area contributed by atoms with Gasteiger partial charge in [-0.1, -0.05) is 136 Å². The topological polar surface area (TPSA) is 396 Å². The highest BCUT2D eigenvalue weighted by molar-refractivity contribution is 5.86. The summed E-state index contributed by atoms with van der Waals surface area (Å²) in [5.74, 6) is 7.11. The lowest BCUT2D eigenvalue weighted by molar-refractivity contribution is -0.156. The number of rotatable bonds is 27.